The summed E-state index contributed by atoms with van der Waals surface area (Å²) in [6.07, 6.45) is 3.56. The predicted octanol–water partition coefficient (Wildman–Crippen LogP) is 3.28. The van der Waals surface area contributed by atoms with Gasteiger partial charge in [0, 0.05) is 11.8 Å². The summed E-state index contributed by atoms with van der Waals surface area (Å²) in [5, 5.41) is 0. The molecule has 0 aromatic rings. The average Bonchev–Trinajstić information content (AvgIpc) is 2.01. The molecule has 76 valence electrons. The normalized spacial score (nSPS) is 35.0. The lowest BCUT2D eigenvalue weighted by atomic mass is 9.73. The second-order valence-electron chi connectivity index (χ2n) is 5.17. The highest BCUT2D eigenvalue weighted by molar-refractivity contribution is 5.82. The van der Waals surface area contributed by atoms with Crippen molar-refractivity contribution in [2.45, 2.75) is 47.0 Å². The largest absolute Gasteiger partial charge is 0.299 e. The lowest BCUT2D eigenvalue weighted by Crippen LogP contribution is -2.28. The van der Waals surface area contributed by atoms with E-state index in [4.69, 9.17) is 0 Å². The third-order valence-corrected chi connectivity index (χ3v) is 3.15. The van der Waals surface area contributed by atoms with Crippen LogP contribution in [0.5, 0.6) is 0 Å². The molecule has 0 aliphatic heterocycles. The van der Waals surface area contributed by atoms with Crippen LogP contribution in [0.25, 0.3) is 0 Å². The SMILES string of the molecule is CC1CC(C)CC(C(=O)C(C)C)C1. The number of carbonyl (C=O) groups is 1. The fourth-order valence-electron chi connectivity index (χ4n) is 2.65. The number of carbonyl (C=O) groups excluding carboxylic acids is 1. The van der Waals surface area contributed by atoms with E-state index < -0.39 is 0 Å². The summed E-state index contributed by atoms with van der Waals surface area (Å²) in [7, 11) is 0. The second-order valence-corrected chi connectivity index (χ2v) is 5.17. The molecule has 1 aliphatic rings. The van der Waals surface area contributed by atoms with E-state index in [9.17, 15) is 4.79 Å². The maximum absolute atomic E-state index is 11.8. The van der Waals surface area contributed by atoms with Crippen LogP contribution in [0.1, 0.15) is 47.0 Å². The van der Waals surface area contributed by atoms with Gasteiger partial charge < -0.3 is 0 Å². The van der Waals surface area contributed by atoms with Gasteiger partial charge in [0.05, 0.1) is 0 Å². The van der Waals surface area contributed by atoms with Crippen molar-refractivity contribution in [2.75, 3.05) is 0 Å². The van der Waals surface area contributed by atoms with Crippen molar-refractivity contribution in [1.29, 1.82) is 0 Å². The summed E-state index contributed by atoms with van der Waals surface area (Å²) in [5.41, 5.74) is 0. The highest BCUT2D eigenvalue weighted by Gasteiger charge is 2.29. The molecule has 0 aromatic heterocycles. The van der Waals surface area contributed by atoms with Crippen LogP contribution >= 0.6 is 0 Å². The summed E-state index contributed by atoms with van der Waals surface area (Å²) in [4.78, 5) is 11.8. The van der Waals surface area contributed by atoms with Gasteiger partial charge in [-0.2, -0.15) is 0 Å². The topological polar surface area (TPSA) is 17.1 Å². The Morgan fingerprint density at radius 3 is 1.92 bits per heavy atom. The van der Waals surface area contributed by atoms with Gasteiger partial charge in [-0.1, -0.05) is 27.7 Å². The Hall–Kier alpha value is -0.330. The summed E-state index contributed by atoms with van der Waals surface area (Å²) in [5.74, 6) is 2.56. The number of hydrogen-bond acceptors (Lipinski definition) is 1. The molecular formula is C12H22O. The second kappa shape index (κ2) is 4.26. The van der Waals surface area contributed by atoms with Crippen molar-refractivity contribution in [2.24, 2.45) is 23.7 Å². The Morgan fingerprint density at radius 2 is 1.54 bits per heavy atom. The first kappa shape index (κ1) is 10.7. The first-order chi connectivity index (χ1) is 6.00. The van der Waals surface area contributed by atoms with E-state index in [0.717, 1.165) is 24.7 Å². The zero-order chi connectivity index (χ0) is 10.0. The van der Waals surface area contributed by atoms with Crippen LogP contribution in [0.3, 0.4) is 0 Å². The van der Waals surface area contributed by atoms with Gasteiger partial charge >= 0.3 is 0 Å². The Morgan fingerprint density at radius 1 is 1.08 bits per heavy atom. The lowest BCUT2D eigenvalue weighted by molar-refractivity contribution is -0.127. The molecule has 0 saturated heterocycles. The predicted molar refractivity (Wildman–Crippen MR) is 55.5 cm³/mol. The van der Waals surface area contributed by atoms with Gasteiger partial charge in [-0.05, 0) is 31.1 Å². The Kier molecular flexibility index (Phi) is 3.52. The van der Waals surface area contributed by atoms with Gasteiger partial charge in [0.2, 0.25) is 0 Å². The zero-order valence-corrected chi connectivity index (χ0v) is 9.34. The van der Waals surface area contributed by atoms with Crippen LogP contribution in [0, 0.1) is 23.7 Å². The lowest BCUT2D eigenvalue weighted by Gasteiger charge is -2.31. The number of ketones is 1. The summed E-state index contributed by atoms with van der Waals surface area (Å²) in [6, 6.07) is 0. The van der Waals surface area contributed by atoms with Gasteiger partial charge in [-0.15, -0.1) is 0 Å². The minimum atomic E-state index is 0.225. The first-order valence-corrected chi connectivity index (χ1v) is 5.54. The van der Waals surface area contributed by atoms with Gasteiger partial charge in [-0.3, -0.25) is 4.79 Å². The molecule has 0 heterocycles. The molecule has 0 spiro atoms. The van der Waals surface area contributed by atoms with Gasteiger partial charge in [0.15, 0.2) is 0 Å². The van der Waals surface area contributed by atoms with Gasteiger partial charge in [-0.25, -0.2) is 0 Å². The molecule has 1 fully saturated rings. The van der Waals surface area contributed by atoms with Crippen molar-refractivity contribution in [3.8, 4) is 0 Å². The van der Waals surface area contributed by atoms with Crippen molar-refractivity contribution in [3.63, 3.8) is 0 Å². The molecule has 13 heavy (non-hydrogen) atoms. The van der Waals surface area contributed by atoms with Crippen LogP contribution in [0.15, 0.2) is 0 Å². The van der Waals surface area contributed by atoms with Gasteiger partial charge in [0.1, 0.15) is 5.78 Å². The highest BCUT2D eigenvalue weighted by Crippen LogP contribution is 2.34. The quantitative estimate of drug-likeness (QED) is 0.640. The van der Waals surface area contributed by atoms with Crippen LogP contribution in [-0.2, 0) is 4.79 Å². The van der Waals surface area contributed by atoms with E-state index >= 15 is 0 Å². The van der Waals surface area contributed by atoms with Crippen LogP contribution < -0.4 is 0 Å². The Balaban J connectivity index is 2.55. The zero-order valence-electron chi connectivity index (χ0n) is 9.34. The summed E-state index contributed by atoms with van der Waals surface area (Å²) in [6.45, 7) is 8.59. The highest BCUT2D eigenvalue weighted by atomic mass is 16.1. The molecule has 1 nitrogen and oxygen atoms in total. The molecular weight excluding hydrogens is 160 g/mol. The minimum Gasteiger partial charge on any atom is -0.299 e. The maximum atomic E-state index is 11.8. The molecule has 1 aliphatic carbocycles. The van der Waals surface area contributed by atoms with Gasteiger partial charge in [0.25, 0.3) is 0 Å². The van der Waals surface area contributed by atoms with Crippen molar-refractivity contribution < 1.29 is 4.79 Å². The monoisotopic (exact) mass is 182 g/mol. The molecule has 0 N–H and O–H groups in total. The maximum Gasteiger partial charge on any atom is 0.138 e. The molecule has 1 rings (SSSR count). The fourth-order valence-corrected chi connectivity index (χ4v) is 2.65. The van der Waals surface area contributed by atoms with Crippen LogP contribution in [-0.4, -0.2) is 5.78 Å². The molecule has 1 saturated carbocycles. The minimum absolute atomic E-state index is 0.225. The molecule has 1 heteroatoms. The van der Waals surface area contributed by atoms with E-state index in [1.54, 1.807) is 0 Å². The number of rotatable bonds is 2. The molecule has 2 atom stereocenters. The number of hydrogen-bond donors (Lipinski definition) is 0. The fraction of sp³-hybridized carbons (Fsp3) is 0.917. The third kappa shape index (κ3) is 2.82. The van der Waals surface area contributed by atoms with E-state index in [0.29, 0.717) is 11.7 Å². The van der Waals surface area contributed by atoms with Crippen LogP contribution in [0.2, 0.25) is 0 Å². The van der Waals surface area contributed by atoms with E-state index in [2.05, 4.69) is 13.8 Å². The summed E-state index contributed by atoms with van der Waals surface area (Å²) < 4.78 is 0. The molecule has 2 unspecified atom stereocenters. The van der Waals surface area contributed by atoms with E-state index in [-0.39, 0.29) is 5.92 Å². The third-order valence-electron chi connectivity index (χ3n) is 3.15. The van der Waals surface area contributed by atoms with Crippen molar-refractivity contribution in [1.82, 2.24) is 0 Å². The molecule has 0 radical (unpaired) electrons. The van der Waals surface area contributed by atoms with Crippen LogP contribution in [0.4, 0.5) is 0 Å². The number of Topliss-reactive ketones (excluding diaryl/α,β-unsaturated/α-hetero) is 1. The summed E-state index contributed by atoms with van der Waals surface area (Å²) >= 11 is 0. The standard InChI is InChI=1S/C12H22O/c1-8(2)12(13)11-6-9(3)5-10(4)7-11/h8-11H,5-7H2,1-4H3. The van der Waals surface area contributed by atoms with E-state index in [1.807, 2.05) is 13.8 Å². The average molecular weight is 182 g/mol. The Bertz CT molecular complexity index is 174. The first-order valence-electron chi connectivity index (χ1n) is 5.54. The molecule has 0 amide bonds. The smallest absolute Gasteiger partial charge is 0.138 e. The Labute approximate surface area is 81.9 Å². The van der Waals surface area contributed by atoms with Crippen molar-refractivity contribution >= 4 is 5.78 Å². The van der Waals surface area contributed by atoms with Crippen molar-refractivity contribution in [3.05, 3.63) is 0 Å². The molecule has 0 bridgehead atoms. The van der Waals surface area contributed by atoms with E-state index in [1.165, 1.54) is 6.42 Å². The molecule has 0 aromatic carbocycles.